The molecule has 1 aliphatic carbocycles. The molecule has 0 saturated carbocycles. The largest absolute Gasteiger partial charge is 0.397 e. The highest BCUT2D eigenvalue weighted by molar-refractivity contribution is 6.15. The number of hydrogen-bond acceptors (Lipinski definition) is 2. The number of fused-ring (bicyclic) bond motifs is 1. The molecule has 2 amide bonds. The van der Waals surface area contributed by atoms with Crippen LogP contribution in [0.15, 0.2) is 28.9 Å². The molecule has 0 spiro atoms. The predicted molar refractivity (Wildman–Crippen MR) is 41.2 cm³/mol. The van der Waals surface area contributed by atoms with Gasteiger partial charge in [-0.05, 0) is 6.08 Å². The fourth-order valence-corrected chi connectivity index (χ4v) is 1.15. The Labute approximate surface area is 63.5 Å². The molecule has 0 radical (unpaired) electrons. The number of carbonyl (C=O) groups excluding carboxylic acids is 1. The van der Waals surface area contributed by atoms with Crippen LogP contribution in [-0.2, 0) is 0 Å². The Kier molecular flexibility index (Phi) is 1.09. The molecule has 4 nitrogen and oxygen atoms in total. The van der Waals surface area contributed by atoms with Gasteiger partial charge in [0.15, 0.2) is 0 Å². The van der Waals surface area contributed by atoms with Gasteiger partial charge in [-0.1, -0.05) is 12.2 Å². The van der Waals surface area contributed by atoms with Gasteiger partial charge in [0, 0.05) is 0 Å². The van der Waals surface area contributed by atoms with Crippen molar-refractivity contribution in [1.29, 1.82) is 0 Å². The number of hydrogen-bond donors (Lipinski definition) is 2. The predicted octanol–water partition coefficient (Wildman–Crippen LogP) is -0.0684. The molecule has 0 bridgehead atoms. The van der Waals surface area contributed by atoms with E-state index < -0.39 is 0 Å². The van der Waals surface area contributed by atoms with Crippen molar-refractivity contribution < 1.29 is 4.79 Å². The fourth-order valence-electron chi connectivity index (χ4n) is 1.15. The number of allylic oxidation sites excluding steroid dienone is 2. The summed E-state index contributed by atoms with van der Waals surface area (Å²) in [7, 11) is 0. The van der Waals surface area contributed by atoms with Crippen LogP contribution in [0.5, 0.6) is 0 Å². The molecule has 0 fully saturated rings. The number of urea groups is 1. The Bertz CT molecular complexity index is 301. The van der Waals surface area contributed by atoms with Crippen LogP contribution >= 0.6 is 0 Å². The van der Waals surface area contributed by atoms with Crippen LogP contribution in [0.25, 0.3) is 0 Å². The van der Waals surface area contributed by atoms with Crippen LogP contribution in [0.4, 0.5) is 4.79 Å². The minimum Gasteiger partial charge on any atom is -0.397 e. The zero-order valence-electron chi connectivity index (χ0n) is 5.74. The zero-order chi connectivity index (χ0) is 7.84. The number of amides is 2. The molecule has 4 heteroatoms. The third-order valence-electron chi connectivity index (χ3n) is 1.67. The first-order valence-electron chi connectivity index (χ1n) is 3.31. The molecule has 2 rings (SSSR count). The first-order valence-corrected chi connectivity index (χ1v) is 3.31. The van der Waals surface area contributed by atoms with Crippen LogP contribution in [0.1, 0.15) is 0 Å². The Morgan fingerprint density at radius 3 is 3.18 bits per heavy atom. The molecule has 1 heterocycles. The second kappa shape index (κ2) is 1.95. The normalized spacial score (nSPS) is 27.3. The van der Waals surface area contributed by atoms with Crippen molar-refractivity contribution in [2.75, 3.05) is 0 Å². The van der Waals surface area contributed by atoms with Crippen LogP contribution in [0.3, 0.4) is 0 Å². The first kappa shape index (κ1) is 6.15. The number of aliphatic imine (C=N–C) groups is 1. The molecular formula is C7H7N3O. The second-order valence-corrected chi connectivity index (χ2v) is 2.43. The summed E-state index contributed by atoms with van der Waals surface area (Å²) >= 11 is 0. The van der Waals surface area contributed by atoms with Crippen LogP contribution < -0.4 is 11.1 Å². The van der Waals surface area contributed by atoms with Gasteiger partial charge in [0.05, 0.1) is 17.5 Å². The lowest BCUT2D eigenvalue weighted by atomic mass is 10.1. The SMILES string of the molecule is NC1=CC=CC2NC(=O)N=C12. The monoisotopic (exact) mass is 149 g/mol. The third-order valence-corrected chi connectivity index (χ3v) is 1.67. The summed E-state index contributed by atoms with van der Waals surface area (Å²) in [5, 5.41) is 2.64. The number of nitrogens with zero attached hydrogens (tertiary/aromatic N) is 1. The van der Waals surface area contributed by atoms with Gasteiger partial charge in [0.1, 0.15) is 0 Å². The van der Waals surface area contributed by atoms with Gasteiger partial charge in [0.25, 0.3) is 0 Å². The fraction of sp³-hybridized carbons (Fsp3) is 0.143. The minimum atomic E-state index is -0.312. The molecule has 0 aromatic rings. The maximum absolute atomic E-state index is 10.7. The Morgan fingerprint density at radius 1 is 1.64 bits per heavy atom. The molecule has 11 heavy (non-hydrogen) atoms. The van der Waals surface area contributed by atoms with Crippen LogP contribution in [-0.4, -0.2) is 17.8 Å². The smallest absolute Gasteiger partial charge is 0.342 e. The van der Waals surface area contributed by atoms with Crippen molar-refractivity contribution in [1.82, 2.24) is 5.32 Å². The maximum atomic E-state index is 10.7. The van der Waals surface area contributed by atoms with Crippen molar-refractivity contribution in [3.8, 4) is 0 Å². The van der Waals surface area contributed by atoms with E-state index in [2.05, 4.69) is 10.3 Å². The molecule has 0 saturated heterocycles. The summed E-state index contributed by atoms with van der Waals surface area (Å²) in [6, 6.07) is -0.416. The number of nitrogens with two attached hydrogens (primary N) is 1. The summed E-state index contributed by atoms with van der Waals surface area (Å²) < 4.78 is 0. The van der Waals surface area contributed by atoms with Gasteiger partial charge in [-0.15, -0.1) is 0 Å². The third kappa shape index (κ3) is 0.832. The first-order chi connectivity index (χ1) is 5.27. The van der Waals surface area contributed by atoms with Crippen molar-refractivity contribution in [3.05, 3.63) is 23.9 Å². The van der Waals surface area contributed by atoms with Crippen molar-refractivity contribution in [3.63, 3.8) is 0 Å². The van der Waals surface area contributed by atoms with Crippen molar-refractivity contribution >= 4 is 11.7 Å². The molecule has 1 atom stereocenters. The van der Waals surface area contributed by atoms with Crippen LogP contribution in [0.2, 0.25) is 0 Å². The summed E-state index contributed by atoms with van der Waals surface area (Å²) in [5.74, 6) is 0. The molecule has 0 aromatic heterocycles. The van der Waals surface area contributed by atoms with E-state index in [1.807, 2.05) is 12.2 Å². The minimum absolute atomic E-state index is 0.104. The Morgan fingerprint density at radius 2 is 2.45 bits per heavy atom. The van der Waals surface area contributed by atoms with Crippen molar-refractivity contribution in [2.45, 2.75) is 6.04 Å². The van der Waals surface area contributed by atoms with E-state index in [-0.39, 0.29) is 12.1 Å². The van der Waals surface area contributed by atoms with Crippen LogP contribution in [0, 0.1) is 0 Å². The van der Waals surface area contributed by atoms with E-state index in [9.17, 15) is 4.79 Å². The van der Waals surface area contributed by atoms with Gasteiger partial charge in [-0.2, -0.15) is 4.99 Å². The lowest BCUT2D eigenvalue weighted by Crippen LogP contribution is -2.33. The Balaban J connectivity index is 2.43. The molecule has 1 aliphatic heterocycles. The molecule has 56 valence electrons. The number of carbonyl (C=O) groups is 1. The van der Waals surface area contributed by atoms with Crippen molar-refractivity contribution in [2.24, 2.45) is 10.7 Å². The molecule has 1 unspecified atom stereocenters. The van der Waals surface area contributed by atoms with Gasteiger partial charge in [0.2, 0.25) is 0 Å². The summed E-state index contributed by atoms with van der Waals surface area (Å²) in [6.45, 7) is 0. The quantitative estimate of drug-likeness (QED) is 0.506. The lowest BCUT2D eigenvalue weighted by molar-refractivity contribution is 0.251. The van der Waals surface area contributed by atoms with Gasteiger partial charge in [-0.25, -0.2) is 4.79 Å². The van der Waals surface area contributed by atoms with E-state index in [1.54, 1.807) is 6.08 Å². The number of rotatable bonds is 0. The van der Waals surface area contributed by atoms with Gasteiger partial charge in [-0.3, -0.25) is 0 Å². The summed E-state index contributed by atoms with van der Waals surface area (Å²) in [4.78, 5) is 14.5. The van der Waals surface area contributed by atoms with Gasteiger partial charge < -0.3 is 11.1 Å². The van der Waals surface area contributed by atoms with E-state index in [4.69, 9.17) is 5.73 Å². The van der Waals surface area contributed by atoms with Gasteiger partial charge >= 0.3 is 6.03 Å². The van der Waals surface area contributed by atoms with E-state index in [0.717, 1.165) is 0 Å². The lowest BCUT2D eigenvalue weighted by Gasteiger charge is -2.11. The summed E-state index contributed by atoms with van der Waals surface area (Å²) in [6.07, 6.45) is 5.39. The zero-order valence-corrected chi connectivity index (χ0v) is 5.74. The highest BCUT2D eigenvalue weighted by Gasteiger charge is 2.26. The average molecular weight is 149 g/mol. The molecular weight excluding hydrogens is 142 g/mol. The molecule has 0 aromatic carbocycles. The average Bonchev–Trinajstić information content (AvgIpc) is 2.31. The highest BCUT2D eigenvalue weighted by atomic mass is 16.2. The molecule has 3 N–H and O–H groups in total. The van der Waals surface area contributed by atoms with E-state index in [1.165, 1.54) is 0 Å². The molecule has 2 aliphatic rings. The highest BCUT2D eigenvalue weighted by Crippen LogP contribution is 2.10. The second-order valence-electron chi connectivity index (χ2n) is 2.43. The summed E-state index contributed by atoms with van der Waals surface area (Å²) in [5.41, 5.74) is 6.77. The van der Waals surface area contributed by atoms with E-state index >= 15 is 0 Å². The number of nitrogens with one attached hydrogen (secondary N) is 1. The standard InChI is InChI=1S/C7H7N3O/c8-4-2-1-3-5-6(4)10-7(11)9-5/h1-3,5H,8H2,(H,9,11). The Hall–Kier alpha value is -1.58. The van der Waals surface area contributed by atoms with E-state index in [0.29, 0.717) is 11.4 Å². The topological polar surface area (TPSA) is 67.5 Å². The maximum Gasteiger partial charge on any atom is 0.342 e.